The van der Waals surface area contributed by atoms with Gasteiger partial charge in [-0.25, -0.2) is 4.39 Å². The Hall–Kier alpha value is -2.28. The van der Waals surface area contributed by atoms with E-state index in [0.29, 0.717) is 12.8 Å². The van der Waals surface area contributed by atoms with Gasteiger partial charge in [0.05, 0.1) is 11.2 Å². The van der Waals surface area contributed by atoms with E-state index in [4.69, 9.17) is 5.73 Å². The molecule has 4 rings (SSSR count). The lowest BCUT2D eigenvalue weighted by atomic mass is 9.82. The first kappa shape index (κ1) is 18.1. The molecule has 0 radical (unpaired) electrons. The molecule has 144 valence electrons. The molecule has 1 amide bonds. The fraction of sp³-hybridized carbons (Fsp3) is 0.550. The molecule has 3 N–H and O–H groups in total. The molecule has 0 atom stereocenters. The number of benzene rings is 1. The first-order valence-corrected chi connectivity index (χ1v) is 9.89. The number of carbonyl (C=O) groups excluding carboxylic acids is 1. The van der Waals surface area contributed by atoms with Crippen LogP contribution in [0.3, 0.4) is 0 Å². The highest BCUT2D eigenvalue weighted by atomic mass is 19.1. The summed E-state index contributed by atoms with van der Waals surface area (Å²) in [6.45, 7) is 0.864. The summed E-state index contributed by atoms with van der Waals surface area (Å²) < 4.78 is 16.5. The zero-order valence-electron chi connectivity index (χ0n) is 15.5. The summed E-state index contributed by atoms with van der Waals surface area (Å²) in [7, 11) is 0. The van der Waals surface area contributed by atoms with Crippen molar-refractivity contribution >= 4 is 11.6 Å². The number of aryl methyl sites for hydroxylation is 1. The highest BCUT2D eigenvalue weighted by Gasteiger charge is 2.35. The van der Waals surface area contributed by atoms with Crippen molar-refractivity contribution in [2.45, 2.75) is 69.9 Å². The summed E-state index contributed by atoms with van der Waals surface area (Å²) in [6, 6.07) is 4.70. The first-order chi connectivity index (χ1) is 13.1. The van der Waals surface area contributed by atoms with Gasteiger partial charge in [0.1, 0.15) is 11.6 Å². The maximum absolute atomic E-state index is 14.4. The number of nitrogens with zero attached hydrogens (tertiary/aromatic N) is 3. The Balaban J connectivity index is 1.61. The van der Waals surface area contributed by atoms with Crippen LogP contribution >= 0.6 is 0 Å². The van der Waals surface area contributed by atoms with Crippen LogP contribution in [0.15, 0.2) is 18.2 Å². The lowest BCUT2D eigenvalue weighted by molar-refractivity contribution is -0.122. The Labute approximate surface area is 158 Å². The number of hydrogen-bond donors (Lipinski definition) is 2. The highest BCUT2D eigenvalue weighted by molar-refractivity contribution is 5.98. The van der Waals surface area contributed by atoms with Gasteiger partial charge >= 0.3 is 0 Å². The molecule has 1 saturated carbocycles. The summed E-state index contributed by atoms with van der Waals surface area (Å²) >= 11 is 0. The topological polar surface area (TPSA) is 85.8 Å². The summed E-state index contributed by atoms with van der Waals surface area (Å²) in [5.41, 5.74) is 6.27. The van der Waals surface area contributed by atoms with E-state index in [1.807, 2.05) is 0 Å². The van der Waals surface area contributed by atoms with Crippen LogP contribution in [0, 0.1) is 5.82 Å². The number of anilines is 1. The number of nitrogens with two attached hydrogens (primary N) is 1. The third-order valence-corrected chi connectivity index (χ3v) is 5.78. The molecule has 1 fully saturated rings. The molecular weight excluding hydrogens is 345 g/mol. The molecule has 0 unspecified atom stereocenters. The number of nitrogens with one attached hydrogen (secondary N) is 1. The van der Waals surface area contributed by atoms with Gasteiger partial charge in [0.25, 0.3) is 0 Å². The molecule has 2 aliphatic rings. The normalized spacial score (nSPS) is 19.2. The van der Waals surface area contributed by atoms with Crippen LogP contribution in [0.4, 0.5) is 10.1 Å². The minimum atomic E-state index is -0.910. The van der Waals surface area contributed by atoms with E-state index in [0.717, 1.165) is 62.3 Å². The van der Waals surface area contributed by atoms with Crippen molar-refractivity contribution in [3.05, 3.63) is 29.8 Å². The summed E-state index contributed by atoms with van der Waals surface area (Å²) in [4.78, 5) is 12.7. The predicted molar refractivity (Wildman–Crippen MR) is 102 cm³/mol. The van der Waals surface area contributed by atoms with E-state index in [2.05, 4.69) is 20.1 Å². The van der Waals surface area contributed by atoms with Crippen LogP contribution in [0.5, 0.6) is 0 Å². The van der Waals surface area contributed by atoms with E-state index < -0.39 is 11.4 Å². The predicted octanol–water partition coefficient (Wildman–Crippen LogP) is 3.41. The summed E-state index contributed by atoms with van der Waals surface area (Å²) in [5, 5.41) is 11.3. The number of carbonyl (C=O) groups is 1. The molecule has 2 heterocycles. The van der Waals surface area contributed by atoms with E-state index in [9.17, 15) is 9.18 Å². The number of halogens is 1. The molecule has 1 aliphatic carbocycles. The number of fused-ring (bicyclic) bond motifs is 1. The molecule has 1 aromatic carbocycles. The Morgan fingerprint density at radius 3 is 2.70 bits per heavy atom. The van der Waals surface area contributed by atoms with E-state index in [-0.39, 0.29) is 11.6 Å². The van der Waals surface area contributed by atoms with Crippen LogP contribution in [0.1, 0.15) is 57.2 Å². The van der Waals surface area contributed by atoms with Crippen molar-refractivity contribution in [2.75, 3.05) is 5.32 Å². The molecular formula is C20H26FN5O. The Morgan fingerprint density at radius 2 is 1.89 bits per heavy atom. The second-order valence-corrected chi connectivity index (χ2v) is 7.77. The van der Waals surface area contributed by atoms with Crippen molar-refractivity contribution in [3.63, 3.8) is 0 Å². The van der Waals surface area contributed by atoms with Crippen molar-refractivity contribution in [1.82, 2.24) is 14.8 Å². The minimum absolute atomic E-state index is 0.152. The van der Waals surface area contributed by atoms with Crippen molar-refractivity contribution in [3.8, 4) is 11.4 Å². The smallest absolute Gasteiger partial charge is 0.244 e. The molecule has 0 saturated heterocycles. The third-order valence-electron chi connectivity index (χ3n) is 5.78. The van der Waals surface area contributed by atoms with E-state index in [1.54, 1.807) is 12.1 Å². The fourth-order valence-corrected chi connectivity index (χ4v) is 4.12. The van der Waals surface area contributed by atoms with Gasteiger partial charge in [-0.2, -0.15) is 0 Å². The van der Waals surface area contributed by atoms with Crippen LogP contribution in [-0.4, -0.2) is 26.2 Å². The molecule has 7 heteroatoms. The second kappa shape index (κ2) is 7.38. The monoisotopic (exact) mass is 371 g/mol. The third kappa shape index (κ3) is 3.60. The average Bonchev–Trinajstić information content (AvgIpc) is 2.92. The lowest BCUT2D eigenvalue weighted by Gasteiger charge is -2.31. The van der Waals surface area contributed by atoms with Crippen molar-refractivity contribution in [1.29, 1.82) is 0 Å². The zero-order valence-corrected chi connectivity index (χ0v) is 15.5. The number of rotatable bonds is 3. The van der Waals surface area contributed by atoms with Gasteiger partial charge in [-0.15, -0.1) is 10.2 Å². The van der Waals surface area contributed by atoms with Gasteiger partial charge < -0.3 is 15.6 Å². The summed E-state index contributed by atoms with van der Waals surface area (Å²) in [5.74, 6) is 0.920. The minimum Gasteiger partial charge on any atom is -0.322 e. The standard InChI is InChI=1S/C20H26FN5O/c21-15-9-8-14(18-25-24-17-7-3-1-6-12-26(17)18)13-16(15)23-19(27)20(22)10-4-2-5-11-20/h8-9,13H,1-7,10-12,22H2,(H,23,27). The SMILES string of the molecule is NC1(C(=O)Nc2cc(-c3nnc4n3CCCCC4)ccc2F)CCCCC1. The molecule has 6 nitrogen and oxygen atoms in total. The van der Waals surface area contributed by atoms with Gasteiger partial charge in [-0.05, 0) is 43.9 Å². The quantitative estimate of drug-likeness (QED) is 0.866. The highest BCUT2D eigenvalue weighted by Crippen LogP contribution is 2.30. The molecule has 1 aromatic heterocycles. The number of amides is 1. The Morgan fingerprint density at radius 1 is 1.11 bits per heavy atom. The Kier molecular flexibility index (Phi) is 4.95. The molecule has 0 bridgehead atoms. The maximum atomic E-state index is 14.4. The van der Waals surface area contributed by atoms with Crippen LogP contribution < -0.4 is 11.1 Å². The Bertz CT molecular complexity index is 841. The second-order valence-electron chi connectivity index (χ2n) is 7.77. The van der Waals surface area contributed by atoms with Gasteiger partial charge in [0.2, 0.25) is 5.91 Å². The number of aromatic nitrogens is 3. The van der Waals surface area contributed by atoms with Gasteiger partial charge in [-0.1, -0.05) is 25.7 Å². The van der Waals surface area contributed by atoms with E-state index >= 15 is 0 Å². The van der Waals surface area contributed by atoms with Crippen molar-refractivity contribution < 1.29 is 9.18 Å². The first-order valence-electron chi connectivity index (χ1n) is 9.89. The van der Waals surface area contributed by atoms with Crippen LogP contribution in [-0.2, 0) is 17.8 Å². The molecule has 2 aromatic rings. The summed E-state index contributed by atoms with van der Waals surface area (Å²) in [6.07, 6.45) is 8.50. The lowest BCUT2D eigenvalue weighted by Crippen LogP contribution is -2.52. The van der Waals surface area contributed by atoms with Gasteiger partial charge in [-0.3, -0.25) is 4.79 Å². The largest absolute Gasteiger partial charge is 0.322 e. The van der Waals surface area contributed by atoms with Crippen LogP contribution in [0.25, 0.3) is 11.4 Å². The van der Waals surface area contributed by atoms with Gasteiger partial charge in [0.15, 0.2) is 5.82 Å². The molecule has 27 heavy (non-hydrogen) atoms. The van der Waals surface area contributed by atoms with E-state index in [1.165, 1.54) is 12.5 Å². The molecule has 0 spiro atoms. The maximum Gasteiger partial charge on any atom is 0.244 e. The van der Waals surface area contributed by atoms with Gasteiger partial charge in [0, 0.05) is 18.5 Å². The average molecular weight is 371 g/mol. The zero-order chi connectivity index (χ0) is 18.9. The molecule has 1 aliphatic heterocycles. The number of hydrogen-bond acceptors (Lipinski definition) is 4. The fourth-order valence-electron chi connectivity index (χ4n) is 4.12. The van der Waals surface area contributed by atoms with Crippen LogP contribution in [0.2, 0.25) is 0 Å². The van der Waals surface area contributed by atoms with Crippen molar-refractivity contribution in [2.24, 2.45) is 5.73 Å².